The van der Waals surface area contributed by atoms with E-state index in [4.69, 9.17) is 11.6 Å². The standard InChI is InChI=1S/C19H20ClN5O/c1-14(24-7-4-16(20)8-19(24)26)15-10-22-25(13-15)18-9-17(11-21-12-18)23-5-2-3-6-23/h4,7-14H,2-3,5-6H2,1H3. The predicted octanol–water partition coefficient (Wildman–Crippen LogP) is 3.29. The van der Waals surface area contributed by atoms with Crippen LogP contribution in [0.25, 0.3) is 5.69 Å². The zero-order valence-corrected chi connectivity index (χ0v) is 15.3. The lowest BCUT2D eigenvalue weighted by atomic mass is 10.2. The fraction of sp³-hybridized carbons (Fsp3) is 0.316. The minimum atomic E-state index is -0.136. The zero-order chi connectivity index (χ0) is 18.1. The van der Waals surface area contributed by atoms with Gasteiger partial charge in [0.25, 0.3) is 5.56 Å². The summed E-state index contributed by atoms with van der Waals surface area (Å²) in [6, 6.07) is 5.11. The monoisotopic (exact) mass is 369 g/mol. The quantitative estimate of drug-likeness (QED) is 0.708. The Morgan fingerprint density at radius 1 is 1.12 bits per heavy atom. The van der Waals surface area contributed by atoms with Gasteiger partial charge in [-0.3, -0.25) is 9.78 Å². The van der Waals surface area contributed by atoms with E-state index >= 15 is 0 Å². The molecule has 0 spiro atoms. The van der Waals surface area contributed by atoms with E-state index in [1.807, 2.05) is 19.3 Å². The summed E-state index contributed by atoms with van der Waals surface area (Å²) in [5.41, 5.74) is 2.85. The van der Waals surface area contributed by atoms with E-state index in [0.717, 1.165) is 30.0 Å². The molecule has 4 rings (SSSR count). The number of nitrogens with zero attached hydrogens (tertiary/aromatic N) is 5. The van der Waals surface area contributed by atoms with Crippen LogP contribution >= 0.6 is 11.6 Å². The number of pyridine rings is 2. The Bertz CT molecular complexity index is 974. The molecule has 1 aliphatic heterocycles. The van der Waals surface area contributed by atoms with Crippen molar-refractivity contribution in [2.45, 2.75) is 25.8 Å². The molecule has 134 valence electrons. The molecule has 0 aromatic carbocycles. The molecule has 26 heavy (non-hydrogen) atoms. The smallest absolute Gasteiger partial charge is 0.252 e. The molecular weight excluding hydrogens is 350 g/mol. The summed E-state index contributed by atoms with van der Waals surface area (Å²) >= 11 is 5.88. The maximum absolute atomic E-state index is 12.2. The topological polar surface area (TPSA) is 56.0 Å². The summed E-state index contributed by atoms with van der Waals surface area (Å²) < 4.78 is 3.45. The third-order valence-electron chi connectivity index (χ3n) is 4.86. The molecule has 1 fully saturated rings. The van der Waals surface area contributed by atoms with Gasteiger partial charge in [-0.2, -0.15) is 5.10 Å². The van der Waals surface area contributed by atoms with Gasteiger partial charge in [0, 0.05) is 42.1 Å². The fourth-order valence-electron chi connectivity index (χ4n) is 3.33. The Labute approximate surface area is 156 Å². The van der Waals surface area contributed by atoms with Gasteiger partial charge < -0.3 is 9.47 Å². The Hall–Kier alpha value is -2.60. The number of aromatic nitrogens is 4. The Morgan fingerprint density at radius 2 is 1.88 bits per heavy atom. The highest BCUT2D eigenvalue weighted by molar-refractivity contribution is 6.30. The van der Waals surface area contributed by atoms with E-state index in [-0.39, 0.29) is 11.6 Å². The summed E-state index contributed by atoms with van der Waals surface area (Å²) in [6.45, 7) is 4.12. The largest absolute Gasteiger partial charge is 0.370 e. The Morgan fingerprint density at radius 3 is 2.65 bits per heavy atom. The molecular formula is C19H20ClN5O. The second-order valence-corrected chi connectivity index (χ2v) is 7.02. The first kappa shape index (κ1) is 16.8. The van der Waals surface area contributed by atoms with Crippen molar-refractivity contribution < 1.29 is 0 Å². The first-order valence-electron chi connectivity index (χ1n) is 8.74. The van der Waals surface area contributed by atoms with Crippen molar-refractivity contribution in [2.24, 2.45) is 0 Å². The molecule has 4 heterocycles. The van der Waals surface area contributed by atoms with Crippen LogP contribution in [0.15, 0.2) is 54.0 Å². The maximum atomic E-state index is 12.2. The number of hydrogen-bond acceptors (Lipinski definition) is 4. The highest BCUT2D eigenvalue weighted by Crippen LogP contribution is 2.23. The van der Waals surface area contributed by atoms with Crippen LogP contribution < -0.4 is 10.5 Å². The second-order valence-electron chi connectivity index (χ2n) is 6.58. The van der Waals surface area contributed by atoms with Gasteiger partial charge in [0.15, 0.2) is 0 Å². The molecule has 6 nitrogen and oxygen atoms in total. The van der Waals surface area contributed by atoms with Crippen molar-refractivity contribution in [1.29, 1.82) is 0 Å². The molecule has 0 radical (unpaired) electrons. The highest BCUT2D eigenvalue weighted by atomic mass is 35.5. The van der Waals surface area contributed by atoms with Crippen molar-refractivity contribution in [3.05, 3.63) is 70.1 Å². The van der Waals surface area contributed by atoms with Gasteiger partial charge in [-0.25, -0.2) is 4.68 Å². The van der Waals surface area contributed by atoms with Crippen LogP contribution in [-0.4, -0.2) is 32.4 Å². The summed E-state index contributed by atoms with van der Waals surface area (Å²) in [5.74, 6) is 0. The van der Waals surface area contributed by atoms with Gasteiger partial charge in [0.1, 0.15) is 0 Å². The van der Waals surface area contributed by atoms with Crippen LogP contribution in [0, 0.1) is 0 Å². The van der Waals surface area contributed by atoms with Crippen molar-refractivity contribution >= 4 is 17.3 Å². The lowest BCUT2D eigenvalue weighted by Gasteiger charge is -2.17. The van der Waals surface area contributed by atoms with Gasteiger partial charge in [-0.05, 0) is 31.9 Å². The number of halogens is 1. The summed E-state index contributed by atoms with van der Waals surface area (Å²) in [7, 11) is 0. The fourth-order valence-corrected chi connectivity index (χ4v) is 3.48. The van der Waals surface area contributed by atoms with Crippen LogP contribution in [0.4, 0.5) is 5.69 Å². The van der Waals surface area contributed by atoms with Crippen molar-refractivity contribution in [1.82, 2.24) is 19.3 Å². The van der Waals surface area contributed by atoms with Crippen LogP contribution in [0.5, 0.6) is 0 Å². The van der Waals surface area contributed by atoms with Crippen molar-refractivity contribution in [3.8, 4) is 5.69 Å². The Kier molecular flexibility index (Phi) is 4.51. The van der Waals surface area contributed by atoms with Crippen molar-refractivity contribution in [2.75, 3.05) is 18.0 Å². The molecule has 1 aliphatic rings. The molecule has 3 aromatic heterocycles. The van der Waals surface area contributed by atoms with Gasteiger partial charge in [0.05, 0.1) is 36.0 Å². The third kappa shape index (κ3) is 3.24. The lowest BCUT2D eigenvalue weighted by molar-refractivity contribution is 0.614. The summed E-state index contributed by atoms with van der Waals surface area (Å²) in [6.07, 6.45) is 11.6. The van der Waals surface area contributed by atoms with E-state index in [9.17, 15) is 4.79 Å². The molecule has 1 atom stereocenters. The van der Waals surface area contributed by atoms with E-state index in [2.05, 4.69) is 21.0 Å². The molecule has 0 bridgehead atoms. The summed E-state index contributed by atoms with van der Waals surface area (Å²) in [4.78, 5) is 18.9. The highest BCUT2D eigenvalue weighted by Gasteiger charge is 2.15. The van der Waals surface area contributed by atoms with E-state index < -0.39 is 0 Å². The number of rotatable bonds is 4. The third-order valence-corrected chi connectivity index (χ3v) is 5.09. The van der Waals surface area contributed by atoms with Crippen LogP contribution in [0.1, 0.15) is 31.4 Å². The first-order chi connectivity index (χ1) is 12.6. The van der Waals surface area contributed by atoms with E-state index in [1.165, 1.54) is 18.9 Å². The van der Waals surface area contributed by atoms with E-state index in [0.29, 0.717) is 5.02 Å². The molecule has 1 saturated heterocycles. The average molecular weight is 370 g/mol. The van der Waals surface area contributed by atoms with Gasteiger partial charge in [-0.1, -0.05) is 11.6 Å². The minimum Gasteiger partial charge on any atom is -0.370 e. The molecule has 7 heteroatoms. The van der Waals surface area contributed by atoms with E-state index in [1.54, 1.807) is 33.9 Å². The molecule has 0 saturated carbocycles. The maximum Gasteiger partial charge on any atom is 0.252 e. The zero-order valence-electron chi connectivity index (χ0n) is 14.5. The summed E-state index contributed by atoms with van der Waals surface area (Å²) in [5, 5.41) is 4.91. The minimum absolute atomic E-state index is 0.129. The average Bonchev–Trinajstić information content (AvgIpc) is 3.33. The molecule has 3 aromatic rings. The lowest BCUT2D eigenvalue weighted by Crippen LogP contribution is -2.22. The van der Waals surface area contributed by atoms with Crippen LogP contribution in [0.2, 0.25) is 5.02 Å². The SMILES string of the molecule is CC(c1cnn(-c2cncc(N3CCCC3)c2)c1)n1ccc(Cl)cc1=O. The molecule has 0 N–H and O–H groups in total. The predicted molar refractivity (Wildman–Crippen MR) is 102 cm³/mol. The second kappa shape index (κ2) is 6.96. The van der Waals surface area contributed by atoms with Gasteiger partial charge in [-0.15, -0.1) is 0 Å². The van der Waals surface area contributed by atoms with Crippen LogP contribution in [0.3, 0.4) is 0 Å². The van der Waals surface area contributed by atoms with Crippen molar-refractivity contribution in [3.63, 3.8) is 0 Å². The first-order valence-corrected chi connectivity index (χ1v) is 9.12. The molecule has 1 unspecified atom stereocenters. The van der Waals surface area contributed by atoms with Gasteiger partial charge >= 0.3 is 0 Å². The number of anilines is 1. The van der Waals surface area contributed by atoms with Crippen LogP contribution in [-0.2, 0) is 0 Å². The Balaban J connectivity index is 1.61. The normalized spacial score (nSPS) is 15.4. The molecule has 0 amide bonds. The molecule has 0 aliphatic carbocycles. The number of hydrogen-bond donors (Lipinski definition) is 0. The van der Waals surface area contributed by atoms with Gasteiger partial charge in [0.2, 0.25) is 0 Å².